The summed E-state index contributed by atoms with van der Waals surface area (Å²) < 4.78 is 24.8. The third kappa shape index (κ3) is 4.56. The normalized spacial score (nSPS) is 11.7. The van der Waals surface area contributed by atoms with Crippen molar-refractivity contribution in [3.05, 3.63) is 59.6 Å². The number of ether oxygens (including phenoxy) is 1. The molecule has 1 heterocycles. The first-order valence-electron chi connectivity index (χ1n) is 10.3. The van der Waals surface area contributed by atoms with Gasteiger partial charge in [0.1, 0.15) is 17.1 Å². The number of benzene rings is 2. The number of aryl methyl sites for hydroxylation is 1. The predicted octanol–water partition coefficient (Wildman–Crippen LogP) is 6.27. The molecule has 0 saturated heterocycles. The summed E-state index contributed by atoms with van der Waals surface area (Å²) in [6.07, 6.45) is 6.46. The van der Waals surface area contributed by atoms with Crippen LogP contribution in [0.1, 0.15) is 44.2 Å². The molecule has 3 rings (SSSR count). The van der Waals surface area contributed by atoms with Gasteiger partial charge in [0.25, 0.3) is 0 Å². The average Bonchev–Trinajstić information content (AvgIpc) is 3.16. The Morgan fingerprint density at radius 3 is 2.63 bits per heavy atom. The van der Waals surface area contributed by atoms with Crippen LogP contribution in [0, 0.1) is 12.7 Å². The number of unbranched alkanes of at least 4 members (excludes halogenated alkanes) is 2. The molecule has 0 aliphatic carbocycles. The summed E-state index contributed by atoms with van der Waals surface area (Å²) in [7, 11) is 1.61. The number of carbonyl (C=O) groups excluding carboxylic acids is 1. The molecule has 1 N–H and O–H groups in total. The number of nitrogens with one attached hydrogen (secondary N) is 1. The Labute approximate surface area is 176 Å². The maximum Gasteiger partial charge on any atom is 0.244 e. The van der Waals surface area contributed by atoms with Gasteiger partial charge in [0.05, 0.1) is 13.4 Å². The fourth-order valence-electron chi connectivity index (χ4n) is 3.64. The van der Waals surface area contributed by atoms with E-state index in [0.29, 0.717) is 17.9 Å². The molecule has 0 atom stereocenters. The van der Waals surface area contributed by atoms with E-state index >= 15 is 0 Å². The van der Waals surface area contributed by atoms with Crippen molar-refractivity contribution in [3.63, 3.8) is 0 Å². The summed E-state index contributed by atoms with van der Waals surface area (Å²) in [5.41, 5.74) is 4.93. The van der Waals surface area contributed by atoms with Gasteiger partial charge in [0.15, 0.2) is 0 Å². The number of amides is 1. The Bertz CT molecular complexity index is 1060. The molecule has 0 unspecified atom stereocenters. The number of fused-ring (bicyclic) bond motifs is 1. The maximum absolute atomic E-state index is 13.3. The largest absolute Gasteiger partial charge is 0.496 e. The van der Waals surface area contributed by atoms with Crippen molar-refractivity contribution in [2.45, 2.75) is 40.0 Å². The molecule has 0 aliphatic rings. The van der Waals surface area contributed by atoms with Gasteiger partial charge in [0, 0.05) is 34.7 Å². The van der Waals surface area contributed by atoms with Crippen LogP contribution in [0.25, 0.3) is 27.7 Å². The Morgan fingerprint density at radius 2 is 1.97 bits per heavy atom. The topological polar surface area (TPSA) is 51.5 Å². The van der Waals surface area contributed by atoms with E-state index in [1.165, 1.54) is 12.1 Å². The molecule has 158 valence electrons. The summed E-state index contributed by atoms with van der Waals surface area (Å²) in [4.78, 5) is 12.3. The summed E-state index contributed by atoms with van der Waals surface area (Å²) >= 11 is 0. The number of allylic oxidation sites excluding steroid dienone is 1. The minimum atomic E-state index is -0.284. The second-order valence-electron chi connectivity index (χ2n) is 7.44. The van der Waals surface area contributed by atoms with E-state index in [0.717, 1.165) is 52.5 Å². The highest BCUT2D eigenvalue weighted by Gasteiger charge is 2.18. The van der Waals surface area contributed by atoms with Crippen LogP contribution in [0.3, 0.4) is 0 Å². The smallest absolute Gasteiger partial charge is 0.244 e. The van der Waals surface area contributed by atoms with Gasteiger partial charge in [-0.3, -0.25) is 4.79 Å². The number of hydrogen-bond donors (Lipinski definition) is 1. The monoisotopic (exact) mass is 409 g/mol. The van der Waals surface area contributed by atoms with Crippen LogP contribution >= 0.6 is 0 Å². The molecule has 3 aromatic rings. The van der Waals surface area contributed by atoms with E-state index in [4.69, 9.17) is 9.15 Å². The second kappa shape index (κ2) is 9.61. The van der Waals surface area contributed by atoms with E-state index in [1.807, 2.05) is 19.9 Å². The zero-order valence-electron chi connectivity index (χ0n) is 18.0. The molecular weight excluding hydrogens is 381 g/mol. The van der Waals surface area contributed by atoms with Gasteiger partial charge in [-0.05, 0) is 49.6 Å². The molecule has 2 aromatic carbocycles. The van der Waals surface area contributed by atoms with E-state index in [1.54, 1.807) is 31.6 Å². The van der Waals surface area contributed by atoms with Crippen molar-refractivity contribution in [1.29, 1.82) is 0 Å². The van der Waals surface area contributed by atoms with Crippen molar-refractivity contribution in [3.8, 4) is 16.9 Å². The molecular formula is C25H28FNO3. The van der Waals surface area contributed by atoms with E-state index < -0.39 is 0 Å². The lowest BCUT2D eigenvalue weighted by Crippen LogP contribution is -2.22. The highest BCUT2D eigenvalue weighted by molar-refractivity contribution is 6.01. The lowest BCUT2D eigenvalue weighted by molar-refractivity contribution is -0.116. The molecule has 4 nitrogen and oxygen atoms in total. The molecule has 0 radical (unpaired) electrons. The molecule has 0 spiro atoms. The van der Waals surface area contributed by atoms with Crippen molar-refractivity contribution in [1.82, 2.24) is 5.32 Å². The van der Waals surface area contributed by atoms with Crippen LogP contribution in [0.2, 0.25) is 0 Å². The maximum atomic E-state index is 13.3. The van der Waals surface area contributed by atoms with Gasteiger partial charge < -0.3 is 14.5 Å². The minimum absolute atomic E-state index is 0.116. The van der Waals surface area contributed by atoms with Crippen molar-refractivity contribution in [2.24, 2.45) is 0 Å². The van der Waals surface area contributed by atoms with Crippen molar-refractivity contribution < 1.29 is 18.3 Å². The van der Waals surface area contributed by atoms with Crippen LogP contribution in [-0.4, -0.2) is 19.6 Å². The van der Waals surface area contributed by atoms with E-state index in [2.05, 4.69) is 12.2 Å². The van der Waals surface area contributed by atoms with E-state index in [-0.39, 0.29) is 11.7 Å². The lowest BCUT2D eigenvalue weighted by Gasteiger charge is -2.13. The van der Waals surface area contributed by atoms with Crippen LogP contribution in [0.15, 0.2) is 47.1 Å². The highest BCUT2D eigenvalue weighted by atomic mass is 19.1. The molecule has 0 bridgehead atoms. The number of rotatable bonds is 8. The Kier molecular flexibility index (Phi) is 6.93. The second-order valence-corrected chi connectivity index (χ2v) is 7.44. The fraction of sp³-hybridized carbons (Fsp3) is 0.320. The summed E-state index contributed by atoms with van der Waals surface area (Å²) in [5, 5.41) is 3.83. The average molecular weight is 410 g/mol. The van der Waals surface area contributed by atoms with Gasteiger partial charge in [0.2, 0.25) is 5.91 Å². The molecule has 1 aromatic heterocycles. The Balaban J connectivity index is 2.01. The first-order chi connectivity index (χ1) is 14.5. The van der Waals surface area contributed by atoms with Gasteiger partial charge in [-0.1, -0.05) is 31.9 Å². The van der Waals surface area contributed by atoms with Crippen molar-refractivity contribution >= 4 is 22.4 Å². The summed E-state index contributed by atoms with van der Waals surface area (Å²) in [6.45, 7) is 6.63. The van der Waals surface area contributed by atoms with Gasteiger partial charge >= 0.3 is 0 Å². The van der Waals surface area contributed by atoms with Crippen LogP contribution in [0.4, 0.5) is 4.39 Å². The zero-order valence-corrected chi connectivity index (χ0v) is 18.0. The SMILES string of the molecule is CCCCCNC(=O)/C=C(\C)c1cc2c(-c3ccc(F)cc3)coc2c(C)c1OC. The molecule has 5 heteroatoms. The quantitative estimate of drug-likeness (QED) is 0.353. The van der Waals surface area contributed by atoms with Crippen LogP contribution in [0.5, 0.6) is 5.75 Å². The summed E-state index contributed by atoms with van der Waals surface area (Å²) in [6, 6.07) is 8.29. The number of furan rings is 1. The molecule has 0 saturated carbocycles. The predicted molar refractivity (Wildman–Crippen MR) is 119 cm³/mol. The van der Waals surface area contributed by atoms with Gasteiger partial charge in [-0.25, -0.2) is 4.39 Å². The standard InChI is InChI=1S/C25H28FNO3/c1-5-6-7-12-27-23(28)13-16(2)20-14-21-22(18-8-10-19(26)11-9-18)15-30-25(21)17(3)24(20)29-4/h8-11,13-15H,5-7,12H2,1-4H3,(H,27,28)/b16-13+. The third-order valence-electron chi connectivity index (χ3n) is 5.26. The number of carbonyl (C=O) groups is 1. The minimum Gasteiger partial charge on any atom is -0.496 e. The summed E-state index contributed by atoms with van der Waals surface area (Å²) in [5.74, 6) is 0.276. The molecule has 0 fully saturated rings. The molecule has 1 amide bonds. The number of methoxy groups -OCH3 is 1. The first kappa shape index (κ1) is 21.6. The van der Waals surface area contributed by atoms with Gasteiger partial charge in [-0.15, -0.1) is 0 Å². The van der Waals surface area contributed by atoms with Crippen molar-refractivity contribution in [2.75, 3.05) is 13.7 Å². The highest BCUT2D eigenvalue weighted by Crippen LogP contribution is 2.40. The number of hydrogen-bond acceptors (Lipinski definition) is 3. The fourth-order valence-corrected chi connectivity index (χ4v) is 3.64. The Hall–Kier alpha value is -3.08. The van der Waals surface area contributed by atoms with Crippen LogP contribution < -0.4 is 10.1 Å². The van der Waals surface area contributed by atoms with Gasteiger partial charge in [-0.2, -0.15) is 0 Å². The first-order valence-corrected chi connectivity index (χ1v) is 10.3. The van der Waals surface area contributed by atoms with Crippen LogP contribution in [-0.2, 0) is 4.79 Å². The Morgan fingerprint density at radius 1 is 1.23 bits per heavy atom. The molecule has 30 heavy (non-hydrogen) atoms. The third-order valence-corrected chi connectivity index (χ3v) is 5.26. The molecule has 0 aliphatic heterocycles. The lowest BCUT2D eigenvalue weighted by atomic mass is 9.96. The zero-order chi connectivity index (χ0) is 21.7. The van der Waals surface area contributed by atoms with E-state index in [9.17, 15) is 9.18 Å². The number of halogens is 1.